The molecule has 15 rings (SSSR count). The molecule has 1 heterocycles. The van der Waals surface area contributed by atoms with Crippen LogP contribution >= 0.6 is 0 Å². The van der Waals surface area contributed by atoms with Gasteiger partial charge in [-0.2, -0.15) is 0 Å². The van der Waals surface area contributed by atoms with E-state index in [1.807, 2.05) is 0 Å². The van der Waals surface area contributed by atoms with Gasteiger partial charge in [0.1, 0.15) is 0 Å². The molecule has 0 unspecified atom stereocenters. The van der Waals surface area contributed by atoms with Gasteiger partial charge in [0.25, 0.3) is 0 Å². The Morgan fingerprint density at radius 2 is 0.787 bits per heavy atom. The molecule has 0 bridgehead atoms. The van der Waals surface area contributed by atoms with E-state index in [9.17, 15) is 0 Å². The van der Waals surface area contributed by atoms with E-state index >= 15 is 0 Å². The van der Waals surface area contributed by atoms with E-state index < -0.39 is 5.41 Å². The van der Waals surface area contributed by atoms with Gasteiger partial charge in [0.15, 0.2) is 0 Å². The Labute approximate surface area is 438 Å². The highest BCUT2D eigenvalue weighted by molar-refractivity contribution is 6.10. The van der Waals surface area contributed by atoms with Crippen LogP contribution in [0.25, 0.3) is 83.1 Å². The SMILES string of the molecule is C1=C(c2ccccc2)CCC(c2ccccc2)=C1N(c1ccc(-c2ccc3c(c2)C2(c4ccccc4-c4ccccc42)c2ccccc2-3)cc1)c1ccc(-c2ccc3c(c2)c2ccccc2n3-c2ccccc2)cc1. The molecule has 2 heteroatoms. The smallest absolute Gasteiger partial charge is 0.0725 e. The lowest BCUT2D eigenvalue weighted by molar-refractivity contribution is 0.794. The maximum atomic E-state index is 2.50. The summed E-state index contributed by atoms with van der Waals surface area (Å²) in [5, 5.41) is 2.50. The van der Waals surface area contributed by atoms with Crippen LogP contribution in [0.5, 0.6) is 0 Å². The van der Waals surface area contributed by atoms with Gasteiger partial charge < -0.3 is 9.47 Å². The lowest BCUT2D eigenvalue weighted by Crippen LogP contribution is -2.25. The largest absolute Gasteiger partial charge is 0.310 e. The van der Waals surface area contributed by atoms with Crippen molar-refractivity contribution in [3.63, 3.8) is 0 Å². The van der Waals surface area contributed by atoms with Gasteiger partial charge in [0, 0.05) is 27.8 Å². The van der Waals surface area contributed by atoms with Gasteiger partial charge in [-0.3, -0.25) is 0 Å². The first kappa shape index (κ1) is 43.1. The molecule has 3 aliphatic rings. The molecule has 0 amide bonds. The van der Waals surface area contributed by atoms with Crippen molar-refractivity contribution in [3.8, 4) is 50.2 Å². The third-order valence-corrected chi connectivity index (χ3v) is 16.4. The van der Waals surface area contributed by atoms with Crippen molar-refractivity contribution >= 4 is 44.3 Å². The second kappa shape index (κ2) is 17.3. The first-order chi connectivity index (χ1) is 37.2. The highest BCUT2D eigenvalue weighted by Gasteiger charge is 2.51. The van der Waals surface area contributed by atoms with Gasteiger partial charge in [0.05, 0.1) is 22.1 Å². The first-order valence-corrected chi connectivity index (χ1v) is 26.3. The molecule has 1 aromatic heterocycles. The molecule has 1 spiro atoms. The highest BCUT2D eigenvalue weighted by atomic mass is 15.1. The fourth-order valence-corrected chi connectivity index (χ4v) is 13.0. The van der Waals surface area contributed by atoms with Crippen LogP contribution in [-0.4, -0.2) is 4.57 Å². The minimum Gasteiger partial charge on any atom is -0.310 e. The van der Waals surface area contributed by atoms with Crippen molar-refractivity contribution in [2.24, 2.45) is 0 Å². The maximum Gasteiger partial charge on any atom is 0.0725 e. The summed E-state index contributed by atoms with van der Waals surface area (Å²) in [6.45, 7) is 0. The van der Waals surface area contributed by atoms with Gasteiger partial charge in [-0.25, -0.2) is 0 Å². The summed E-state index contributed by atoms with van der Waals surface area (Å²) < 4.78 is 2.38. The van der Waals surface area contributed by atoms with Crippen molar-refractivity contribution in [2.75, 3.05) is 4.90 Å². The molecule has 11 aromatic carbocycles. The molecule has 0 N–H and O–H groups in total. The van der Waals surface area contributed by atoms with Crippen LogP contribution in [-0.2, 0) is 5.41 Å². The molecule has 12 aromatic rings. The second-order valence-corrected chi connectivity index (χ2v) is 20.3. The number of allylic oxidation sites excluding steroid dienone is 3. The molecule has 75 heavy (non-hydrogen) atoms. The molecule has 0 saturated heterocycles. The third kappa shape index (κ3) is 6.73. The van der Waals surface area contributed by atoms with Crippen LogP contribution in [0.15, 0.2) is 285 Å². The first-order valence-electron chi connectivity index (χ1n) is 26.3. The Morgan fingerprint density at radius 3 is 1.40 bits per heavy atom. The van der Waals surface area contributed by atoms with Gasteiger partial charge in [0.2, 0.25) is 0 Å². The summed E-state index contributed by atoms with van der Waals surface area (Å²) >= 11 is 0. The van der Waals surface area contributed by atoms with Gasteiger partial charge >= 0.3 is 0 Å². The molecular formula is C73H50N2. The highest BCUT2D eigenvalue weighted by Crippen LogP contribution is 2.63. The minimum absolute atomic E-state index is 0.394. The Hall–Kier alpha value is -9.50. The second-order valence-electron chi connectivity index (χ2n) is 20.3. The molecule has 0 fully saturated rings. The van der Waals surface area contributed by atoms with Crippen molar-refractivity contribution in [1.82, 2.24) is 4.57 Å². The lowest BCUT2D eigenvalue weighted by atomic mass is 9.70. The van der Waals surface area contributed by atoms with Crippen LogP contribution in [0.2, 0.25) is 0 Å². The predicted molar refractivity (Wildman–Crippen MR) is 314 cm³/mol. The molecule has 352 valence electrons. The predicted octanol–water partition coefficient (Wildman–Crippen LogP) is 18.9. The normalized spacial score (nSPS) is 13.9. The monoisotopic (exact) mass is 954 g/mol. The van der Waals surface area contributed by atoms with Crippen molar-refractivity contribution in [2.45, 2.75) is 18.3 Å². The van der Waals surface area contributed by atoms with E-state index in [2.05, 4.69) is 289 Å². The molecule has 0 radical (unpaired) electrons. The van der Waals surface area contributed by atoms with Crippen LogP contribution in [0, 0.1) is 0 Å². The fourth-order valence-electron chi connectivity index (χ4n) is 13.0. The average molecular weight is 955 g/mol. The zero-order chi connectivity index (χ0) is 49.5. The Morgan fingerprint density at radius 1 is 0.320 bits per heavy atom. The van der Waals surface area contributed by atoms with E-state index in [1.54, 1.807) is 0 Å². The number of nitrogens with zero attached hydrogens (tertiary/aromatic N) is 2. The summed E-state index contributed by atoms with van der Waals surface area (Å²) in [6, 6.07) is 101. The number of benzene rings is 11. The zero-order valence-electron chi connectivity index (χ0n) is 41.4. The molecular weight excluding hydrogens is 905 g/mol. The van der Waals surface area contributed by atoms with E-state index in [4.69, 9.17) is 0 Å². The number of hydrogen-bond donors (Lipinski definition) is 0. The van der Waals surface area contributed by atoms with E-state index in [-0.39, 0.29) is 0 Å². The Kier molecular flexibility index (Phi) is 9.96. The zero-order valence-corrected chi connectivity index (χ0v) is 41.4. The summed E-state index contributed by atoms with van der Waals surface area (Å²) in [7, 11) is 0. The van der Waals surface area contributed by atoms with Crippen molar-refractivity contribution in [1.29, 1.82) is 0 Å². The van der Waals surface area contributed by atoms with E-state index in [0.717, 1.165) is 24.2 Å². The standard InChI is InChI=1S/C73H50N2/c1-4-18-49(19-5-1)55-36-43-59(52-20-6-2-7-21-52)72(48-55)74(57-39-32-50(33-40-57)53-38-45-71-65(46-53)64-27-13-17-31-70(64)75(71)56-22-8-3-9-23-56)58-41-34-51(35-42-58)54-37-44-63-62-26-12-16-30-68(62)73(69(63)47-54)66-28-14-10-24-60(66)61-25-11-15-29-67(61)73/h1-35,37-42,44-48H,36,43H2. The van der Waals surface area contributed by atoms with Crippen LogP contribution in [0.3, 0.4) is 0 Å². The molecule has 2 nitrogen and oxygen atoms in total. The van der Waals surface area contributed by atoms with E-state index in [0.29, 0.717) is 0 Å². The number of rotatable bonds is 8. The van der Waals surface area contributed by atoms with Crippen LogP contribution in [0.4, 0.5) is 11.4 Å². The third-order valence-electron chi connectivity index (χ3n) is 16.4. The summed E-state index contributed by atoms with van der Waals surface area (Å²) in [5.74, 6) is 0. The number of para-hydroxylation sites is 2. The van der Waals surface area contributed by atoms with Crippen LogP contribution in [0.1, 0.15) is 46.2 Å². The van der Waals surface area contributed by atoms with Crippen molar-refractivity contribution < 1.29 is 0 Å². The number of fused-ring (bicyclic) bond motifs is 13. The number of anilines is 2. The minimum atomic E-state index is -0.394. The lowest BCUT2D eigenvalue weighted by Gasteiger charge is -2.32. The van der Waals surface area contributed by atoms with Gasteiger partial charge in [-0.05, 0) is 169 Å². The topological polar surface area (TPSA) is 8.17 Å². The van der Waals surface area contributed by atoms with Crippen LogP contribution < -0.4 is 4.90 Å². The summed E-state index contributed by atoms with van der Waals surface area (Å²) in [6.07, 6.45) is 4.34. The quantitative estimate of drug-likeness (QED) is 0.147. The number of aromatic nitrogens is 1. The summed E-state index contributed by atoms with van der Waals surface area (Å²) in [5.41, 5.74) is 27.3. The molecule has 0 atom stereocenters. The maximum absolute atomic E-state index is 2.50. The average Bonchev–Trinajstić information content (AvgIpc) is 4.14. The molecule has 3 aliphatic carbocycles. The van der Waals surface area contributed by atoms with Gasteiger partial charge in [-0.15, -0.1) is 0 Å². The fraction of sp³-hybridized carbons (Fsp3) is 0.0411. The van der Waals surface area contributed by atoms with Gasteiger partial charge in [-0.1, -0.05) is 212 Å². The number of hydrogen-bond acceptors (Lipinski definition) is 1. The molecule has 0 saturated carbocycles. The van der Waals surface area contributed by atoms with E-state index in [1.165, 1.54) is 122 Å². The molecule has 0 aliphatic heterocycles. The summed E-state index contributed by atoms with van der Waals surface area (Å²) in [4.78, 5) is 2.50. The Bertz CT molecular complexity index is 4190. The van der Waals surface area contributed by atoms with Crippen molar-refractivity contribution in [3.05, 3.63) is 318 Å². The Balaban J connectivity index is 0.866.